The number of hydrogen-bond donors (Lipinski definition) is 3. The van der Waals surface area contributed by atoms with E-state index in [1.807, 2.05) is 0 Å². The van der Waals surface area contributed by atoms with Crippen molar-refractivity contribution in [1.29, 1.82) is 0 Å². The lowest BCUT2D eigenvalue weighted by atomic mass is 9.84. The first-order chi connectivity index (χ1) is 18.6. The van der Waals surface area contributed by atoms with Crippen molar-refractivity contribution in [1.82, 2.24) is 24.5 Å². The summed E-state index contributed by atoms with van der Waals surface area (Å²) in [4.78, 5) is 18.7. The van der Waals surface area contributed by atoms with Crippen LogP contribution in [0.25, 0.3) is 22.4 Å². The Morgan fingerprint density at radius 3 is 2.56 bits per heavy atom. The van der Waals surface area contributed by atoms with E-state index in [1.165, 1.54) is 26.0 Å². The predicted octanol–water partition coefficient (Wildman–Crippen LogP) is 2.73. The number of fused-ring (bicyclic) bond motifs is 1. The topological polar surface area (TPSA) is 141 Å². The number of piperidine rings is 1. The Bertz CT molecular complexity index is 1490. The summed E-state index contributed by atoms with van der Waals surface area (Å²) in [6, 6.07) is 3.86. The van der Waals surface area contributed by atoms with Crippen LogP contribution in [-0.4, -0.2) is 67.9 Å². The maximum absolute atomic E-state index is 14.5. The zero-order valence-corrected chi connectivity index (χ0v) is 20.9. The highest BCUT2D eigenvalue weighted by Crippen LogP contribution is 2.34. The number of nitrogens with two attached hydrogens (primary N) is 2. The number of rotatable bonds is 7. The van der Waals surface area contributed by atoms with Crippen molar-refractivity contribution in [3.8, 4) is 17.0 Å². The molecule has 0 spiro atoms. The fourth-order valence-electron chi connectivity index (χ4n) is 4.97. The highest BCUT2D eigenvalue weighted by molar-refractivity contribution is 5.81. The molecule has 4 aromatic rings. The standard InChI is InChI=1S/C25H26F4N8O2/c1-39-20-15(26)5-13(6-16(20)27)17-7-14(9-37-12-35-19-23(30)33-11-34-24(19)37)18(8-32-17)36-4-2-3-25(31,10-36)21(38)22(28)29/h5-8,11-12,21-22,38H,2-4,9-10,31H2,1H3,(H2,30,33,34)/t21-,25?/m1/s1. The molecular formula is C25H26F4N8O2. The van der Waals surface area contributed by atoms with Crippen LogP contribution in [0.4, 0.5) is 29.1 Å². The third-order valence-corrected chi connectivity index (χ3v) is 6.96. The van der Waals surface area contributed by atoms with Gasteiger partial charge in [-0.1, -0.05) is 0 Å². The highest BCUT2D eigenvalue weighted by Gasteiger charge is 2.43. The second kappa shape index (κ2) is 10.3. The van der Waals surface area contributed by atoms with Gasteiger partial charge in [0.2, 0.25) is 0 Å². The molecule has 206 valence electrons. The molecule has 2 atom stereocenters. The molecule has 1 aliphatic rings. The lowest BCUT2D eigenvalue weighted by Gasteiger charge is -2.44. The average molecular weight is 547 g/mol. The molecule has 10 nitrogen and oxygen atoms in total. The molecule has 5 N–H and O–H groups in total. The molecule has 0 saturated carbocycles. The summed E-state index contributed by atoms with van der Waals surface area (Å²) in [5.74, 6) is -2.10. The molecule has 1 aromatic carbocycles. The molecule has 39 heavy (non-hydrogen) atoms. The molecule has 1 aliphatic heterocycles. The van der Waals surface area contributed by atoms with Crippen molar-refractivity contribution in [3.05, 3.63) is 54.2 Å². The quantitative estimate of drug-likeness (QED) is 0.298. The van der Waals surface area contributed by atoms with Crippen LogP contribution in [0, 0.1) is 11.6 Å². The van der Waals surface area contributed by atoms with Gasteiger partial charge < -0.3 is 30.8 Å². The first-order valence-corrected chi connectivity index (χ1v) is 12.0. The number of pyridine rings is 1. The SMILES string of the molecule is COc1c(F)cc(-c2cc(Cn3cnc4c(N)ncnc43)c(N3CCCC(N)([C@H](O)C(F)F)C3)cn2)cc1F. The number of alkyl halides is 2. The van der Waals surface area contributed by atoms with Crippen molar-refractivity contribution in [2.45, 2.75) is 37.5 Å². The van der Waals surface area contributed by atoms with Crippen LogP contribution >= 0.6 is 0 Å². The largest absolute Gasteiger partial charge is 0.491 e. The molecule has 0 bridgehead atoms. The Labute approximate surface area is 220 Å². The van der Waals surface area contributed by atoms with Gasteiger partial charge >= 0.3 is 0 Å². The Kier molecular flexibility index (Phi) is 6.99. The van der Waals surface area contributed by atoms with Crippen LogP contribution in [-0.2, 0) is 6.54 Å². The zero-order chi connectivity index (χ0) is 27.9. The Balaban J connectivity index is 1.59. The van der Waals surface area contributed by atoms with Crippen LogP contribution in [0.15, 0.2) is 37.1 Å². The normalized spacial score (nSPS) is 18.6. The number of aliphatic hydroxyl groups excluding tert-OH is 1. The van der Waals surface area contributed by atoms with Gasteiger partial charge in [0.25, 0.3) is 6.43 Å². The van der Waals surface area contributed by atoms with Crippen LogP contribution in [0.5, 0.6) is 5.75 Å². The van der Waals surface area contributed by atoms with Gasteiger partial charge in [-0.15, -0.1) is 0 Å². The summed E-state index contributed by atoms with van der Waals surface area (Å²) in [5.41, 5.74) is 13.1. The third kappa shape index (κ3) is 4.92. The summed E-state index contributed by atoms with van der Waals surface area (Å²) in [7, 11) is 1.17. The number of aromatic nitrogens is 5. The molecule has 3 aromatic heterocycles. The summed E-state index contributed by atoms with van der Waals surface area (Å²) >= 11 is 0. The summed E-state index contributed by atoms with van der Waals surface area (Å²) in [6.45, 7) is 0.580. The number of nitrogen functional groups attached to an aromatic ring is 1. The first-order valence-electron chi connectivity index (χ1n) is 12.0. The summed E-state index contributed by atoms with van der Waals surface area (Å²) < 4.78 is 62.2. The van der Waals surface area contributed by atoms with Crippen LogP contribution in [0.2, 0.25) is 0 Å². The van der Waals surface area contributed by atoms with Crippen LogP contribution in [0.1, 0.15) is 18.4 Å². The third-order valence-electron chi connectivity index (χ3n) is 6.96. The maximum atomic E-state index is 14.5. The lowest BCUT2D eigenvalue weighted by Crippen LogP contribution is -2.63. The van der Waals surface area contributed by atoms with Gasteiger partial charge in [0, 0.05) is 18.7 Å². The molecule has 1 saturated heterocycles. The van der Waals surface area contributed by atoms with E-state index in [9.17, 15) is 22.7 Å². The minimum Gasteiger partial charge on any atom is -0.491 e. The number of anilines is 2. The van der Waals surface area contributed by atoms with Crippen molar-refractivity contribution in [2.75, 3.05) is 30.8 Å². The molecule has 0 aliphatic carbocycles. The monoisotopic (exact) mass is 546 g/mol. The van der Waals surface area contributed by atoms with Gasteiger partial charge in [0.1, 0.15) is 17.9 Å². The van der Waals surface area contributed by atoms with Gasteiger partial charge in [-0.25, -0.2) is 32.5 Å². The molecule has 1 unspecified atom stereocenters. The fourth-order valence-corrected chi connectivity index (χ4v) is 4.97. The predicted molar refractivity (Wildman–Crippen MR) is 135 cm³/mol. The van der Waals surface area contributed by atoms with Gasteiger partial charge in [-0.3, -0.25) is 4.98 Å². The number of hydrogen-bond acceptors (Lipinski definition) is 9. The van der Waals surface area contributed by atoms with Crippen LogP contribution in [0.3, 0.4) is 0 Å². The van der Waals surface area contributed by atoms with Gasteiger partial charge in [0.15, 0.2) is 28.8 Å². The lowest BCUT2D eigenvalue weighted by molar-refractivity contribution is -0.0529. The number of ether oxygens (including phenoxy) is 1. The second-order valence-corrected chi connectivity index (χ2v) is 9.51. The first kappa shape index (κ1) is 26.6. The van der Waals surface area contributed by atoms with E-state index in [2.05, 4.69) is 19.9 Å². The summed E-state index contributed by atoms with van der Waals surface area (Å²) in [6.07, 6.45) is -0.0342. The van der Waals surface area contributed by atoms with Crippen molar-refractivity contribution < 1.29 is 27.4 Å². The second-order valence-electron chi connectivity index (χ2n) is 9.51. The summed E-state index contributed by atoms with van der Waals surface area (Å²) in [5, 5.41) is 10.1. The van der Waals surface area contributed by atoms with Crippen molar-refractivity contribution in [2.24, 2.45) is 5.73 Å². The Hall–Kier alpha value is -4.04. The average Bonchev–Trinajstić information content (AvgIpc) is 3.32. The van der Waals surface area contributed by atoms with Crippen molar-refractivity contribution in [3.63, 3.8) is 0 Å². The van der Waals surface area contributed by atoms with E-state index in [1.54, 1.807) is 15.5 Å². The molecule has 5 rings (SSSR count). The molecular weight excluding hydrogens is 520 g/mol. The smallest absolute Gasteiger partial charge is 0.265 e. The number of nitrogens with zero attached hydrogens (tertiary/aromatic N) is 6. The maximum Gasteiger partial charge on any atom is 0.265 e. The van der Waals surface area contributed by atoms with Crippen LogP contribution < -0.4 is 21.1 Å². The van der Waals surface area contributed by atoms with Crippen molar-refractivity contribution >= 4 is 22.7 Å². The number of methoxy groups -OCH3 is 1. The Morgan fingerprint density at radius 1 is 1.13 bits per heavy atom. The minimum atomic E-state index is -3.00. The van der Waals surface area contributed by atoms with Gasteiger partial charge in [0.05, 0.1) is 43.1 Å². The molecule has 4 heterocycles. The minimum absolute atomic E-state index is 0.0574. The Morgan fingerprint density at radius 2 is 1.87 bits per heavy atom. The van der Waals surface area contributed by atoms with E-state index in [0.717, 1.165) is 12.1 Å². The van der Waals surface area contributed by atoms with Gasteiger partial charge in [-0.05, 0) is 36.6 Å². The van der Waals surface area contributed by atoms with E-state index in [-0.39, 0.29) is 36.6 Å². The highest BCUT2D eigenvalue weighted by atomic mass is 19.3. The van der Waals surface area contributed by atoms with E-state index < -0.39 is 35.5 Å². The van der Waals surface area contributed by atoms with E-state index in [0.29, 0.717) is 35.4 Å². The molecule has 1 fully saturated rings. The van der Waals surface area contributed by atoms with E-state index in [4.69, 9.17) is 16.2 Å². The number of halogens is 4. The fraction of sp³-hybridized carbons (Fsp3) is 0.360. The molecule has 14 heteroatoms. The molecule has 0 amide bonds. The number of benzene rings is 1. The zero-order valence-electron chi connectivity index (χ0n) is 20.9. The molecule has 0 radical (unpaired) electrons. The van der Waals surface area contributed by atoms with Gasteiger partial charge in [-0.2, -0.15) is 0 Å². The number of imidazole rings is 1. The van der Waals surface area contributed by atoms with E-state index >= 15 is 0 Å². The number of aliphatic hydroxyl groups is 1.